The lowest BCUT2D eigenvalue weighted by Crippen LogP contribution is -2.64. The number of amides is 2. The van der Waals surface area contributed by atoms with Gasteiger partial charge in [-0.3, -0.25) is 9.59 Å². The highest BCUT2D eigenvalue weighted by atomic mass is 35.5. The fourth-order valence-electron chi connectivity index (χ4n) is 4.87. The first-order chi connectivity index (χ1) is 15.4. The van der Waals surface area contributed by atoms with Crippen molar-refractivity contribution in [2.75, 3.05) is 18.0 Å². The van der Waals surface area contributed by atoms with Crippen LogP contribution in [0.1, 0.15) is 31.2 Å². The van der Waals surface area contributed by atoms with Gasteiger partial charge in [0.1, 0.15) is 11.2 Å². The van der Waals surface area contributed by atoms with Crippen molar-refractivity contribution in [2.24, 2.45) is 0 Å². The molecular weight excluding hydrogens is 426 g/mol. The third-order valence-electron chi connectivity index (χ3n) is 6.49. The molecule has 2 aliphatic heterocycles. The number of imidazole rings is 1. The molecule has 3 aromatic rings. The summed E-state index contributed by atoms with van der Waals surface area (Å²) >= 11 is 6.18. The summed E-state index contributed by atoms with van der Waals surface area (Å²) in [6.45, 7) is 3.29. The molecule has 2 amide bonds. The molecule has 0 atom stereocenters. The summed E-state index contributed by atoms with van der Waals surface area (Å²) in [5.41, 5.74) is 2.87. The molecule has 0 saturated carbocycles. The number of nitriles is 1. The number of benzene rings is 2. The van der Waals surface area contributed by atoms with Gasteiger partial charge >= 0.3 is 0 Å². The highest BCUT2D eigenvalue weighted by molar-refractivity contribution is 6.31. The number of rotatable bonds is 5. The van der Waals surface area contributed by atoms with Crippen LogP contribution in [0.5, 0.6) is 0 Å². The molecule has 7 nitrogen and oxygen atoms in total. The van der Waals surface area contributed by atoms with Gasteiger partial charge in [-0.05, 0) is 36.2 Å². The first-order valence-corrected chi connectivity index (χ1v) is 11.0. The monoisotopic (exact) mass is 447 g/mol. The van der Waals surface area contributed by atoms with Crippen LogP contribution in [0.15, 0.2) is 42.5 Å². The standard InChI is InChI=1S/C24H22ClN5O2/c1-16(31)28-14-24(15-28)18-6-2-3-7-20(18)30(23(24)32)13-22-27-19-12-17(25)8-9-21(19)29(22)11-5-4-10-26/h2-3,6-9,12H,4-5,11,13-15H2,1H3. The summed E-state index contributed by atoms with van der Waals surface area (Å²) in [4.78, 5) is 33.8. The van der Waals surface area contributed by atoms with E-state index in [0.29, 0.717) is 44.0 Å². The molecule has 3 heterocycles. The van der Waals surface area contributed by atoms with Gasteiger partial charge < -0.3 is 14.4 Å². The molecule has 1 saturated heterocycles. The minimum Gasteiger partial charge on any atom is -0.340 e. The van der Waals surface area contributed by atoms with E-state index in [2.05, 4.69) is 10.6 Å². The van der Waals surface area contributed by atoms with Gasteiger partial charge in [-0.15, -0.1) is 0 Å². The Hall–Kier alpha value is -3.37. The second-order valence-electron chi connectivity index (χ2n) is 8.44. The van der Waals surface area contributed by atoms with Crippen molar-refractivity contribution in [1.82, 2.24) is 14.5 Å². The van der Waals surface area contributed by atoms with Crippen LogP contribution in [0, 0.1) is 11.3 Å². The van der Waals surface area contributed by atoms with Gasteiger partial charge in [-0.25, -0.2) is 4.98 Å². The Labute approximate surface area is 190 Å². The summed E-state index contributed by atoms with van der Waals surface area (Å²) < 4.78 is 2.08. The quantitative estimate of drug-likeness (QED) is 0.559. The Morgan fingerprint density at radius 2 is 2.03 bits per heavy atom. The van der Waals surface area contributed by atoms with Crippen LogP contribution in [-0.2, 0) is 28.1 Å². The number of hydrogen-bond donors (Lipinski definition) is 0. The molecule has 0 N–H and O–H groups in total. The maximum atomic E-state index is 13.7. The number of anilines is 1. The zero-order valence-electron chi connectivity index (χ0n) is 17.7. The molecule has 1 aromatic heterocycles. The molecule has 0 bridgehead atoms. The third kappa shape index (κ3) is 3.06. The molecule has 5 rings (SSSR count). The van der Waals surface area contributed by atoms with E-state index in [4.69, 9.17) is 21.8 Å². The number of aromatic nitrogens is 2. The van der Waals surface area contributed by atoms with Crippen molar-refractivity contribution >= 4 is 40.1 Å². The lowest BCUT2D eigenvalue weighted by atomic mass is 9.74. The number of para-hydroxylation sites is 1. The topological polar surface area (TPSA) is 82.2 Å². The minimum absolute atomic E-state index is 0.00450. The second-order valence-corrected chi connectivity index (χ2v) is 8.88. The van der Waals surface area contributed by atoms with Gasteiger partial charge in [0.05, 0.1) is 23.6 Å². The zero-order chi connectivity index (χ0) is 22.5. The number of likely N-dealkylation sites (tertiary alicyclic amines) is 1. The highest BCUT2D eigenvalue weighted by Gasteiger charge is 2.58. The predicted molar refractivity (Wildman–Crippen MR) is 121 cm³/mol. The van der Waals surface area contributed by atoms with Gasteiger partial charge in [0.2, 0.25) is 11.8 Å². The predicted octanol–water partition coefficient (Wildman–Crippen LogP) is 3.64. The van der Waals surface area contributed by atoms with E-state index in [0.717, 1.165) is 28.1 Å². The lowest BCUT2D eigenvalue weighted by molar-refractivity contribution is -0.142. The molecule has 8 heteroatoms. The van der Waals surface area contributed by atoms with Gasteiger partial charge in [-0.1, -0.05) is 29.8 Å². The molecule has 0 radical (unpaired) electrons. The van der Waals surface area contributed by atoms with E-state index < -0.39 is 5.41 Å². The Morgan fingerprint density at radius 3 is 2.78 bits per heavy atom. The van der Waals surface area contributed by atoms with Gasteiger partial charge in [0.25, 0.3) is 0 Å². The number of fused-ring (bicyclic) bond motifs is 3. The number of carbonyl (C=O) groups is 2. The maximum absolute atomic E-state index is 13.7. The van der Waals surface area contributed by atoms with Crippen molar-refractivity contribution < 1.29 is 9.59 Å². The van der Waals surface area contributed by atoms with Crippen molar-refractivity contribution in [3.63, 3.8) is 0 Å². The molecule has 1 fully saturated rings. The molecule has 0 unspecified atom stereocenters. The van der Waals surface area contributed by atoms with Gasteiger partial charge in [0, 0.05) is 43.7 Å². The minimum atomic E-state index is -0.677. The summed E-state index contributed by atoms with van der Waals surface area (Å²) in [5.74, 6) is 0.739. The largest absolute Gasteiger partial charge is 0.340 e. The highest BCUT2D eigenvalue weighted by Crippen LogP contribution is 2.47. The Morgan fingerprint density at radius 1 is 1.25 bits per heavy atom. The van der Waals surface area contributed by atoms with Crippen LogP contribution >= 0.6 is 11.6 Å². The summed E-state index contributed by atoms with van der Waals surface area (Å²) in [6.07, 6.45) is 1.14. The number of unbranched alkanes of at least 4 members (excludes halogenated alkanes) is 1. The average Bonchev–Trinajstić information content (AvgIpc) is 3.19. The summed E-state index contributed by atoms with van der Waals surface area (Å²) in [5, 5.41) is 9.57. The first-order valence-electron chi connectivity index (χ1n) is 10.6. The van der Waals surface area contributed by atoms with E-state index in [-0.39, 0.29) is 11.8 Å². The summed E-state index contributed by atoms with van der Waals surface area (Å²) in [7, 11) is 0. The van der Waals surface area contributed by atoms with Crippen molar-refractivity contribution in [1.29, 1.82) is 5.26 Å². The second kappa shape index (κ2) is 7.64. The van der Waals surface area contributed by atoms with Crippen LogP contribution in [0.25, 0.3) is 11.0 Å². The molecular formula is C24H22ClN5O2. The van der Waals surface area contributed by atoms with E-state index in [1.807, 2.05) is 42.5 Å². The van der Waals surface area contributed by atoms with Crippen LogP contribution in [0.3, 0.4) is 0 Å². The zero-order valence-corrected chi connectivity index (χ0v) is 18.5. The first kappa shape index (κ1) is 20.5. The molecule has 1 spiro atoms. The van der Waals surface area contributed by atoms with Crippen LogP contribution in [-0.4, -0.2) is 39.4 Å². The van der Waals surface area contributed by atoms with Crippen LogP contribution in [0.2, 0.25) is 5.02 Å². The Bertz CT molecular complexity index is 1290. The average molecular weight is 448 g/mol. The Balaban J connectivity index is 1.53. The van der Waals surface area contributed by atoms with E-state index >= 15 is 0 Å². The number of halogens is 1. The number of hydrogen-bond acceptors (Lipinski definition) is 4. The third-order valence-corrected chi connectivity index (χ3v) is 6.73. The van der Waals surface area contributed by atoms with Gasteiger partial charge in [-0.2, -0.15) is 5.26 Å². The fourth-order valence-corrected chi connectivity index (χ4v) is 5.03. The number of nitrogens with zero attached hydrogens (tertiary/aromatic N) is 5. The molecule has 2 aromatic carbocycles. The van der Waals surface area contributed by atoms with Crippen LogP contribution in [0.4, 0.5) is 5.69 Å². The lowest BCUT2D eigenvalue weighted by Gasteiger charge is -2.46. The number of aryl methyl sites for hydroxylation is 1. The van der Waals surface area contributed by atoms with E-state index in [1.54, 1.807) is 9.80 Å². The van der Waals surface area contributed by atoms with Crippen molar-refractivity contribution in [3.8, 4) is 6.07 Å². The van der Waals surface area contributed by atoms with Gasteiger partial charge in [0.15, 0.2) is 0 Å². The number of carbonyl (C=O) groups excluding carboxylic acids is 2. The molecule has 32 heavy (non-hydrogen) atoms. The van der Waals surface area contributed by atoms with E-state index in [9.17, 15) is 9.59 Å². The van der Waals surface area contributed by atoms with Crippen molar-refractivity contribution in [3.05, 3.63) is 58.9 Å². The van der Waals surface area contributed by atoms with E-state index in [1.165, 1.54) is 6.92 Å². The molecule has 0 aliphatic carbocycles. The Kier molecular flexibility index (Phi) is 4.90. The molecule has 162 valence electrons. The smallest absolute Gasteiger partial charge is 0.241 e. The van der Waals surface area contributed by atoms with Crippen molar-refractivity contribution in [2.45, 2.75) is 38.3 Å². The van der Waals surface area contributed by atoms with Crippen LogP contribution < -0.4 is 4.90 Å². The normalized spacial score (nSPS) is 16.3. The SMILES string of the molecule is CC(=O)N1CC2(C1)C(=O)N(Cc1nc3cc(Cl)ccc3n1CCCC#N)c1ccccc12. The molecule has 2 aliphatic rings. The maximum Gasteiger partial charge on any atom is 0.241 e. The summed E-state index contributed by atoms with van der Waals surface area (Å²) in [6, 6.07) is 15.6. The fraction of sp³-hybridized carbons (Fsp3) is 0.333.